The Morgan fingerprint density at radius 3 is 2.52 bits per heavy atom. The van der Waals surface area contributed by atoms with Crippen LogP contribution in [0.4, 0.5) is 10.7 Å². The largest absolute Gasteiger partial charge is 0.492 e. The van der Waals surface area contributed by atoms with Crippen LogP contribution in [0.25, 0.3) is 0 Å². The lowest BCUT2D eigenvalue weighted by molar-refractivity contribution is 0.0958. The van der Waals surface area contributed by atoms with Gasteiger partial charge in [-0.05, 0) is 20.5 Å². The number of rotatable bonds is 8. The Bertz CT molecular complexity index is 474. The van der Waals surface area contributed by atoms with Crippen LogP contribution >= 0.6 is 11.3 Å². The van der Waals surface area contributed by atoms with Crippen molar-refractivity contribution in [1.82, 2.24) is 10.2 Å². The van der Waals surface area contributed by atoms with E-state index in [4.69, 9.17) is 10.5 Å². The second kappa shape index (κ2) is 8.09. The lowest BCUT2D eigenvalue weighted by atomic mass is 10.3. The van der Waals surface area contributed by atoms with Gasteiger partial charge in [-0.25, -0.2) is 0 Å². The molecule has 0 bridgehead atoms. The number of nitrogens with two attached hydrogens (primary N) is 1. The Kier molecular flexibility index (Phi) is 6.77. The number of thiophene rings is 1. The number of carbonyl (C=O) groups is 1. The van der Waals surface area contributed by atoms with E-state index in [0.29, 0.717) is 22.9 Å². The number of nitrogens with one attached hydrogen (secondary N) is 1. The number of anilines is 2. The van der Waals surface area contributed by atoms with Gasteiger partial charge in [-0.3, -0.25) is 4.79 Å². The molecule has 1 amide bonds. The predicted molar refractivity (Wildman–Crippen MR) is 89.7 cm³/mol. The monoisotopic (exact) mass is 314 g/mol. The molecule has 0 radical (unpaired) electrons. The molecule has 0 saturated carbocycles. The van der Waals surface area contributed by atoms with Crippen molar-refractivity contribution in [1.29, 1.82) is 0 Å². The molecule has 0 spiro atoms. The fourth-order valence-electron chi connectivity index (χ4n) is 1.80. The van der Waals surface area contributed by atoms with E-state index in [0.717, 1.165) is 24.5 Å². The number of likely N-dealkylation sites (N-methyl/N-ethyl adjacent to an activating group) is 2. The first-order chi connectivity index (χ1) is 9.92. The number of nitrogens with zero attached hydrogens (tertiary/aromatic N) is 2. The molecule has 3 N–H and O–H groups in total. The summed E-state index contributed by atoms with van der Waals surface area (Å²) in [5.41, 5.74) is 6.49. The van der Waals surface area contributed by atoms with Crippen LogP contribution in [0.2, 0.25) is 0 Å². The van der Waals surface area contributed by atoms with Gasteiger partial charge in [-0.1, -0.05) is 6.92 Å². The van der Waals surface area contributed by atoms with Crippen molar-refractivity contribution in [2.75, 3.05) is 58.5 Å². The Labute approximate surface area is 130 Å². The minimum atomic E-state index is -0.134. The highest BCUT2D eigenvalue weighted by atomic mass is 32.1. The second-order valence-corrected chi connectivity index (χ2v) is 6.16. The van der Waals surface area contributed by atoms with Gasteiger partial charge in [0.25, 0.3) is 5.91 Å². The van der Waals surface area contributed by atoms with Crippen molar-refractivity contribution >= 4 is 27.9 Å². The average Bonchev–Trinajstić information content (AvgIpc) is 2.79. The van der Waals surface area contributed by atoms with Crippen molar-refractivity contribution in [3.8, 4) is 5.75 Å². The quantitative estimate of drug-likeness (QED) is 0.760. The molecule has 0 aliphatic carbocycles. The highest BCUT2D eigenvalue weighted by molar-refractivity contribution is 7.19. The minimum absolute atomic E-state index is 0.134. The molecule has 1 aromatic rings. The fourth-order valence-corrected chi connectivity index (χ4v) is 2.90. The number of carbonyl (C=O) groups excluding carboxylic acids is 1. The van der Waals surface area contributed by atoms with Crippen molar-refractivity contribution in [3.63, 3.8) is 0 Å². The van der Waals surface area contributed by atoms with Gasteiger partial charge < -0.3 is 25.6 Å². The zero-order valence-corrected chi connectivity index (χ0v) is 14.3. The first kappa shape index (κ1) is 17.6. The van der Waals surface area contributed by atoms with Gasteiger partial charge in [0.05, 0.1) is 7.11 Å². The maximum Gasteiger partial charge on any atom is 0.263 e. The van der Waals surface area contributed by atoms with Gasteiger partial charge in [-0.15, -0.1) is 11.3 Å². The first-order valence-corrected chi connectivity index (χ1v) is 7.84. The molecule has 1 rings (SSSR count). The molecule has 0 aliphatic rings. The number of amides is 1. The summed E-state index contributed by atoms with van der Waals surface area (Å²) in [5, 5.41) is 3.74. The third-order valence-electron chi connectivity index (χ3n) is 3.06. The predicted octanol–water partition coefficient (Wildman–Crippen LogP) is 1.48. The van der Waals surface area contributed by atoms with Crippen molar-refractivity contribution < 1.29 is 9.53 Å². The number of hydrogen-bond acceptors (Lipinski definition) is 6. The summed E-state index contributed by atoms with van der Waals surface area (Å²) in [4.78, 5) is 16.8. The molecule has 7 heteroatoms. The third-order valence-corrected chi connectivity index (χ3v) is 4.36. The topological polar surface area (TPSA) is 70.8 Å². The standard InChI is InChI=1S/C14H26N4O2S/c1-6-7-16-13(19)12-10(15)11(20-5)14(21-12)18(4)9-8-17(2)3/h6-9,15H2,1-5H3,(H,16,19). The molecule has 0 atom stereocenters. The summed E-state index contributed by atoms with van der Waals surface area (Å²) in [5.74, 6) is 0.452. The molecule has 21 heavy (non-hydrogen) atoms. The van der Waals surface area contributed by atoms with Crippen molar-refractivity contribution in [3.05, 3.63) is 4.88 Å². The molecule has 1 aromatic heterocycles. The smallest absolute Gasteiger partial charge is 0.263 e. The maximum atomic E-state index is 12.1. The van der Waals surface area contributed by atoms with E-state index in [-0.39, 0.29) is 5.91 Å². The lowest BCUT2D eigenvalue weighted by Gasteiger charge is -2.20. The molecule has 0 saturated heterocycles. The summed E-state index contributed by atoms with van der Waals surface area (Å²) in [6.45, 7) is 4.40. The number of ether oxygens (including phenoxy) is 1. The van der Waals surface area contributed by atoms with E-state index in [1.54, 1.807) is 7.11 Å². The molecular formula is C14H26N4O2S. The van der Waals surface area contributed by atoms with E-state index in [2.05, 4.69) is 15.1 Å². The van der Waals surface area contributed by atoms with E-state index < -0.39 is 0 Å². The van der Waals surface area contributed by atoms with Gasteiger partial charge in [0.1, 0.15) is 15.6 Å². The number of hydrogen-bond donors (Lipinski definition) is 2. The molecule has 0 fully saturated rings. The van der Waals surface area contributed by atoms with Crippen LogP contribution in [0.15, 0.2) is 0 Å². The number of methoxy groups -OCH3 is 1. The van der Waals surface area contributed by atoms with E-state index in [9.17, 15) is 4.79 Å². The average molecular weight is 314 g/mol. The molecule has 1 heterocycles. The van der Waals surface area contributed by atoms with E-state index in [1.165, 1.54) is 11.3 Å². The molecule has 6 nitrogen and oxygen atoms in total. The summed E-state index contributed by atoms with van der Waals surface area (Å²) in [6, 6.07) is 0. The van der Waals surface area contributed by atoms with Crippen molar-refractivity contribution in [2.45, 2.75) is 13.3 Å². The van der Waals surface area contributed by atoms with Crippen LogP contribution in [-0.4, -0.2) is 58.7 Å². The molecule has 120 valence electrons. The molecule has 0 aromatic carbocycles. The Hall–Kier alpha value is -1.47. The van der Waals surface area contributed by atoms with Gasteiger partial charge >= 0.3 is 0 Å². The van der Waals surface area contributed by atoms with Gasteiger partial charge in [0.15, 0.2) is 5.75 Å². The van der Waals surface area contributed by atoms with Crippen molar-refractivity contribution in [2.24, 2.45) is 0 Å². The van der Waals surface area contributed by atoms with Crippen LogP contribution in [0, 0.1) is 0 Å². The van der Waals surface area contributed by atoms with E-state index >= 15 is 0 Å². The third kappa shape index (κ3) is 4.50. The van der Waals surface area contributed by atoms with Gasteiger partial charge in [0.2, 0.25) is 0 Å². The van der Waals surface area contributed by atoms with Gasteiger partial charge in [-0.2, -0.15) is 0 Å². The summed E-state index contributed by atoms with van der Waals surface area (Å²) >= 11 is 1.37. The van der Waals surface area contributed by atoms with Gasteiger partial charge in [0, 0.05) is 26.7 Å². The Morgan fingerprint density at radius 2 is 2.00 bits per heavy atom. The molecular weight excluding hydrogens is 288 g/mol. The number of nitrogen functional groups attached to an aromatic ring is 1. The Balaban J connectivity index is 2.96. The summed E-state index contributed by atoms with van der Waals surface area (Å²) in [7, 11) is 7.61. The highest BCUT2D eigenvalue weighted by Crippen LogP contribution is 2.44. The van der Waals surface area contributed by atoms with Crippen LogP contribution < -0.4 is 20.7 Å². The van der Waals surface area contributed by atoms with Crippen LogP contribution in [0.3, 0.4) is 0 Å². The lowest BCUT2D eigenvalue weighted by Crippen LogP contribution is -2.28. The maximum absolute atomic E-state index is 12.1. The van der Waals surface area contributed by atoms with Crippen LogP contribution in [-0.2, 0) is 0 Å². The minimum Gasteiger partial charge on any atom is -0.492 e. The highest BCUT2D eigenvalue weighted by Gasteiger charge is 2.23. The molecule has 0 aliphatic heterocycles. The first-order valence-electron chi connectivity index (χ1n) is 7.02. The second-order valence-electron chi connectivity index (χ2n) is 5.16. The summed E-state index contributed by atoms with van der Waals surface area (Å²) in [6.07, 6.45) is 0.893. The summed E-state index contributed by atoms with van der Waals surface area (Å²) < 4.78 is 5.39. The zero-order chi connectivity index (χ0) is 16.0. The fraction of sp³-hybridized carbons (Fsp3) is 0.643. The van der Waals surface area contributed by atoms with E-state index in [1.807, 2.05) is 28.1 Å². The normalized spacial score (nSPS) is 10.8. The Morgan fingerprint density at radius 1 is 1.33 bits per heavy atom. The van der Waals surface area contributed by atoms with Crippen LogP contribution in [0.5, 0.6) is 5.75 Å². The van der Waals surface area contributed by atoms with Crippen LogP contribution in [0.1, 0.15) is 23.0 Å². The zero-order valence-electron chi connectivity index (χ0n) is 13.5. The molecule has 0 unspecified atom stereocenters. The SMILES string of the molecule is CCCNC(=O)c1sc(N(C)CCN(C)C)c(OC)c1N.